The Balaban J connectivity index is 1.29. The monoisotopic (exact) mass is 486 g/mol. The van der Waals surface area contributed by atoms with Crippen molar-refractivity contribution >= 4 is 17.0 Å². The fourth-order valence-corrected chi connectivity index (χ4v) is 5.35. The van der Waals surface area contributed by atoms with Crippen LogP contribution in [0.5, 0.6) is 0 Å². The van der Waals surface area contributed by atoms with Crippen LogP contribution in [0, 0.1) is 12.8 Å². The molecular weight excluding hydrogens is 457 g/mol. The zero-order chi connectivity index (χ0) is 24.2. The average molecular weight is 487 g/mol. The molecule has 2 saturated carbocycles. The van der Waals surface area contributed by atoms with E-state index in [1.54, 1.807) is 0 Å². The van der Waals surface area contributed by atoms with Gasteiger partial charge >= 0.3 is 6.18 Å². The van der Waals surface area contributed by atoms with Crippen LogP contribution >= 0.6 is 0 Å². The lowest BCUT2D eigenvalue weighted by Gasteiger charge is -2.34. The first-order valence-electron chi connectivity index (χ1n) is 12.5. The Morgan fingerprint density at radius 2 is 1.80 bits per heavy atom. The number of aromatic nitrogens is 5. The molecule has 7 nitrogen and oxygen atoms in total. The molecule has 3 aromatic rings. The number of fused-ring (bicyclic) bond motifs is 1. The predicted octanol–water partition coefficient (Wildman–Crippen LogP) is 5.28. The van der Waals surface area contributed by atoms with Crippen LogP contribution in [0.25, 0.3) is 11.0 Å². The molecule has 0 aromatic carbocycles. The highest BCUT2D eigenvalue weighted by Crippen LogP contribution is 2.44. The number of rotatable bonds is 4. The van der Waals surface area contributed by atoms with E-state index in [0.717, 1.165) is 22.3 Å². The van der Waals surface area contributed by atoms with Crippen LogP contribution in [0.15, 0.2) is 24.5 Å². The summed E-state index contributed by atoms with van der Waals surface area (Å²) in [6.45, 7) is 3.68. The van der Waals surface area contributed by atoms with Gasteiger partial charge in [0.2, 0.25) is 5.95 Å². The lowest BCUT2D eigenvalue weighted by molar-refractivity contribution is -0.182. The number of aryl methyl sites for hydroxylation is 1. The van der Waals surface area contributed by atoms with Gasteiger partial charge in [0.05, 0.1) is 37.0 Å². The first kappa shape index (κ1) is 22.7. The first-order valence-corrected chi connectivity index (χ1v) is 12.5. The van der Waals surface area contributed by atoms with Crippen LogP contribution in [-0.4, -0.2) is 50.6 Å². The summed E-state index contributed by atoms with van der Waals surface area (Å²) >= 11 is 0. The molecular formula is C25H29F3N6O. The van der Waals surface area contributed by atoms with E-state index in [2.05, 4.69) is 21.2 Å². The van der Waals surface area contributed by atoms with Gasteiger partial charge in [0.15, 0.2) is 5.65 Å². The number of alkyl halides is 3. The number of anilines is 1. The van der Waals surface area contributed by atoms with Gasteiger partial charge in [0.1, 0.15) is 6.10 Å². The van der Waals surface area contributed by atoms with Crippen molar-refractivity contribution in [2.24, 2.45) is 5.92 Å². The second kappa shape index (κ2) is 8.72. The van der Waals surface area contributed by atoms with Gasteiger partial charge < -0.3 is 9.64 Å². The van der Waals surface area contributed by atoms with Gasteiger partial charge in [-0.25, -0.2) is 9.97 Å². The molecule has 3 aromatic heterocycles. The Morgan fingerprint density at radius 3 is 2.54 bits per heavy atom. The van der Waals surface area contributed by atoms with E-state index in [1.165, 1.54) is 12.8 Å². The minimum atomic E-state index is -4.13. The predicted molar refractivity (Wildman–Crippen MR) is 124 cm³/mol. The Morgan fingerprint density at radius 1 is 1.00 bits per heavy atom. The molecule has 6 rings (SSSR count). The van der Waals surface area contributed by atoms with Crippen molar-refractivity contribution in [1.29, 1.82) is 0 Å². The standard InChI is InChI=1S/C25H29F3N6O/c1-15-2-9-20-22(16-3-5-18(6-4-16)25(26,27)28)31-24(32-23(20)30-15)33-10-11-35-21(14-33)17-12-29-34(13-17)19-7-8-19/h2,9,12-13,16,18-19,21H,3-8,10-11,14H2,1H3. The summed E-state index contributed by atoms with van der Waals surface area (Å²) in [4.78, 5) is 16.5. The lowest BCUT2D eigenvalue weighted by Crippen LogP contribution is -2.39. The zero-order valence-electron chi connectivity index (χ0n) is 19.7. The normalized spacial score (nSPS) is 25.8. The van der Waals surface area contributed by atoms with Crippen molar-refractivity contribution in [3.8, 4) is 0 Å². The van der Waals surface area contributed by atoms with Gasteiger partial charge in [-0.05, 0) is 57.6 Å². The first-order chi connectivity index (χ1) is 16.8. The Bertz CT molecular complexity index is 1220. The number of hydrogen-bond donors (Lipinski definition) is 0. The van der Waals surface area contributed by atoms with E-state index in [1.807, 2.05) is 29.9 Å². The number of hydrogen-bond acceptors (Lipinski definition) is 6. The molecule has 1 aliphatic heterocycles. The lowest BCUT2D eigenvalue weighted by atomic mass is 9.79. The molecule has 0 amide bonds. The van der Waals surface area contributed by atoms with Gasteiger partial charge in [-0.2, -0.15) is 23.3 Å². The second-order valence-electron chi connectivity index (χ2n) is 10.1. The Labute approximate surface area is 201 Å². The number of ether oxygens (including phenoxy) is 1. The Kier molecular flexibility index (Phi) is 5.66. The third-order valence-electron chi connectivity index (χ3n) is 7.56. The van der Waals surface area contributed by atoms with Gasteiger partial charge in [-0.15, -0.1) is 0 Å². The number of pyridine rings is 1. The van der Waals surface area contributed by atoms with Crippen molar-refractivity contribution < 1.29 is 17.9 Å². The second-order valence-corrected chi connectivity index (χ2v) is 10.1. The molecule has 0 radical (unpaired) electrons. The number of halogens is 3. The molecule has 35 heavy (non-hydrogen) atoms. The molecule has 0 bridgehead atoms. The average Bonchev–Trinajstić information content (AvgIpc) is 3.59. The summed E-state index contributed by atoms with van der Waals surface area (Å²) in [5.41, 5.74) is 3.32. The maximum atomic E-state index is 13.2. The number of nitrogens with zero attached hydrogens (tertiary/aromatic N) is 6. The molecule has 10 heteroatoms. The maximum absolute atomic E-state index is 13.2. The summed E-state index contributed by atoms with van der Waals surface area (Å²) in [6.07, 6.45) is 3.24. The SMILES string of the molecule is Cc1ccc2c(C3CCC(C(F)(F)F)CC3)nc(N3CCOC(c4cnn(C5CC5)c4)C3)nc2n1. The van der Waals surface area contributed by atoms with Crippen molar-refractivity contribution in [3.63, 3.8) is 0 Å². The highest BCUT2D eigenvalue weighted by atomic mass is 19.4. The summed E-state index contributed by atoms with van der Waals surface area (Å²) < 4.78 is 47.8. The molecule has 0 spiro atoms. The molecule has 186 valence electrons. The quantitative estimate of drug-likeness (QED) is 0.500. The highest BCUT2D eigenvalue weighted by molar-refractivity contribution is 5.79. The fourth-order valence-electron chi connectivity index (χ4n) is 5.35. The smallest absolute Gasteiger partial charge is 0.370 e. The largest absolute Gasteiger partial charge is 0.391 e. The minimum absolute atomic E-state index is 0.0315. The molecule has 1 unspecified atom stereocenters. The summed E-state index contributed by atoms with van der Waals surface area (Å²) in [5.74, 6) is -0.675. The molecule has 4 heterocycles. The summed E-state index contributed by atoms with van der Waals surface area (Å²) in [6, 6.07) is 4.39. The maximum Gasteiger partial charge on any atom is 0.391 e. The van der Waals surface area contributed by atoms with E-state index < -0.39 is 12.1 Å². The van der Waals surface area contributed by atoms with Crippen LogP contribution in [-0.2, 0) is 4.74 Å². The van der Waals surface area contributed by atoms with Crippen molar-refractivity contribution in [1.82, 2.24) is 24.7 Å². The fraction of sp³-hybridized carbons (Fsp3) is 0.600. The molecule has 0 N–H and O–H groups in total. The minimum Gasteiger partial charge on any atom is -0.370 e. The number of morpholine rings is 1. The summed E-state index contributed by atoms with van der Waals surface area (Å²) in [7, 11) is 0. The summed E-state index contributed by atoms with van der Waals surface area (Å²) in [5, 5.41) is 5.34. The molecule has 3 aliphatic rings. The van der Waals surface area contributed by atoms with E-state index in [0.29, 0.717) is 50.2 Å². The van der Waals surface area contributed by atoms with Gasteiger partial charge in [-0.1, -0.05) is 0 Å². The molecule has 1 atom stereocenters. The van der Waals surface area contributed by atoms with Gasteiger partial charge in [0, 0.05) is 35.3 Å². The van der Waals surface area contributed by atoms with E-state index >= 15 is 0 Å². The molecule has 3 fully saturated rings. The van der Waals surface area contributed by atoms with Crippen LogP contribution in [0.2, 0.25) is 0 Å². The molecule has 1 saturated heterocycles. The highest BCUT2D eigenvalue weighted by Gasteiger charge is 2.42. The van der Waals surface area contributed by atoms with Crippen molar-refractivity contribution in [2.45, 2.75) is 69.7 Å². The van der Waals surface area contributed by atoms with Gasteiger partial charge in [0.25, 0.3) is 0 Å². The van der Waals surface area contributed by atoms with E-state index in [9.17, 15) is 13.2 Å². The van der Waals surface area contributed by atoms with Gasteiger partial charge in [-0.3, -0.25) is 4.68 Å². The van der Waals surface area contributed by atoms with Crippen LogP contribution in [0.3, 0.4) is 0 Å². The van der Waals surface area contributed by atoms with Crippen molar-refractivity contribution in [3.05, 3.63) is 41.5 Å². The van der Waals surface area contributed by atoms with Crippen LogP contribution in [0.4, 0.5) is 19.1 Å². The molecule has 2 aliphatic carbocycles. The van der Waals surface area contributed by atoms with Crippen LogP contribution in [0.1, 0.15) is 73.5 Å². The van der Waals surface area contributed by atoms with Crippen LogP contribution < -0.4 is 4.90 Å². The van der Waals surface area contributed by atoms with E-state index in [-0.39, 0.29) is 24.9 Å². The third kappa shape index (κ3) is 4.60. The third-order valence-corrected chi connectivity index (χ3v) is 7.56. The Hall–Kier alpha value is -2.75. The van der Waals surface area contributed by atoms with Crippen molar-refractivity contribution in [2.75, 3.05) is 24.6 Å². The zero-order valence-corrected chi connectivity index (χ0v) is 19.7. The topological polar surface area (TPSA) is 69.0 Å². The van der Waals surface area contributed by atoms with E-state index in [4.69, 9.17) is 14.7 Å².